The summed E-state index contributed by atoms with van der Waals surface area (Å²) in [6, 6.07) is 0. The van der Waals surface area contributed by atoms with Gasteiger partial charge >= 0.3 is 5.97 Å². The third kappa shape index (κ3) is 2.13. The van der Waals surface area contributed by atoms with Crippen molar-refractivity contribution in [1.29, 1.82) is 0 Å². The molecule has 1 aliphatic rings. The van der Waals surface area contributed by atoms with Crippen LogP contribution in [0.5, 0.6) is 0 Å². The van der Waals surface area contributed by atoms with Gasteiger partial charge in [-0.05, 0) is 39.5 Å². The van der Waals surface area contributed by atoms with E-state index in [9.17, 15) is 9.59 Å². The van der Waals surface area contributed by atoms with Gasteiger partial charge in [-0.1, -0.05) is 6.92 Å². The molecule has 0 aromatic heterocycles. The van der Waals surface area contributed by atoms with Crippen molar-refractivity contribution < 1.29 is 14.7 Å². The minimum absolute atomic E-state index is 0.135. The number of aliphatic carboxylic acids is 1. The van der Waals surface area contributed by atoms with Crippen molar-refractivity contribution in [3.05, 3.63) is 0 Å². The lowest BCUT2D eigenvalue weighted by Gasteiger charge is -2.43. The fraction of sp³-hybridized carbons (Fsp3) is 0.818. The first kappa shape index (κ1) is 12.0. The first-order valence-corrected chi connectivity index (χ1v) is 5.40. The average Bonchev–Trinajstić information content (AvgIpc) is 2.10. The van der Waals surface area contributed by atoms with Gasteiger partial charge in [-0.15, -0.1) is 0 Å². The molecule has 0 spiro atoms. The average molecular weight is 213 g/mol. The van der Waals surface area contributed by atoms with Crippen LogP contribution in [0.15, 0.2) is 0 Å². The lowest BCUT2D eigenvalue weighted by Crippen LogP contribution is -2.57. The van der Waals surface area contributed by atoms with Gasteiger partial charge in [0.1, 0.15) is 5.41 Å². The van der Waals surface area contributed by atoms with E-state index in [1.807, 2.05) is 6.92 Å². The summed E-state index contributed by atoms with van der Waals surface area (Å²) in [7, 11) is 0. The monoisotopic (exact) mass is 213 g/mol. The van der Waals surface area contributed by atoms with Crippen molar-refractivity contribution in [1.82, 2.24) is 5.32 Å². The third-order valence-corrected chi connectivity index (χ3v) is 3.47. The van der Waals surface area contributed by atoms with Crippen molar-refractivity contribution in [2.45, 2.75) is 52.0 Å². The van der Waals surface area contributed by atoms with Gasteiger partial charge in [0.05, 0.1) is 0 Å². The normalized spacial score (nSPS) is 19.1. The van der Waals surface area contributed by atoms with Gasteiger partial charge < -0.3 is 10.4 Å². The van der Waals surface area contributed by atoms with E-state index in [2.05, 4.69) is 5.32 Å². The molecule has 1 rings (SSSR count). The Morgan fingerprint density at radius 3 is 2.20 bits per heavy atom. The topological polar surface area (TPSA) is 66.4 Å². The minimum atomic E-state index is -1.34. The van der Waals surface area contributed by atoms with Crippen LogP contribution >= 0.6 is 0 Å². The maximum Gasteiger partial charge on any atom is 0.318 e. The van der Waals surface area contributed by atoms with Crippen LogP contribution in [0.4, 0.5) is 0 Å². The first-order chi connectivity index (χ1) is 6.84. The minimum Gasteiger partial charge on any atom is -0.480 e. The molecule has 2 N–H and O–H groups in total. The van der Waals surface area contributed by atoms with E-state index >= 15 is 0 Å². The molecule has 1 fully saturated rings. The molecule has 4 nitrogen and oxygen atoms in total. The number of rotatable bonds is 4. The molecule has 0 saturated heterocycles. The summed E-state index contributed by atoms with van der Waals surface area (Å²) in [5, 5.41) is 11.8. The number of carbonyl (C=O) groups is 2. The molecular weight excluding hydrogens is 194 g/mol. The lowest BCUT2D eigenvalue weighted by molar-refractivity contribution is -0.154. The number of amides is 1. The van der Waals surface area contributed by atoms with Gasteiger partial charge in [0.15, 0.2) is 0 Å². The van der Waals surface area contributed by atoms with Crippen LogP contribution in [0.2, 0.25) is 0 Å². The standard InChI is InChI=1S/C11H19NO3/c1-4-11(6-5-7-11)12-8(13)10(2,3)9(14)15/h4-7H2,1-3H3,(H,12,13)(H,14,15). The van der Waals surface area contributed by atoms with Crippen molar-refractivity contribution >= 4 is 11.9 Å². The van der Waals surface area contributed by atoms with Gasteiger partial charge in [-0.3, -0.25) is 9.59 Å². The first-order valence-electron chi connectivity index (χ1n) is 5.40. The number of carboxylic acid groups (broad SMARTS) is 1. The van der Waals surface area contributed by atoms with Gasteiger partial charge in [-0.2, -0.15) is 0 Å². The molecule has 15 heavy (non-hydrogen) atoms. The molecule has 0 aliphatic heterocycles. The highest BCUT2D eigenvalue weighted by Gasteiger charge is 2.43. The fourth-order valence-electron chi connectivity index (χ4n) is 1.66. The summed E-state index contributed by atoms with van der Waals surface area (Å²) in [6.07, 6.45) is 3.91. The SMILES string of the molecule is CCC1(NC(=O)C(C)(C)C(=O)O)CCC1. The lowest BCUT2D eigenvalue weighted by atomic mass is 9.74. The Kier molecular flexibility index (Phi) is 3.07. The highest BCUT2D eigenvalue weighted by molar-refractivity contribution is 6.01. The third-order valence-electron chi connectivity index (χ3n) is 3.47. The summed E-state index contributed by atoms with van der Waals surface area (Å²) in [6.45, 7) is 4.90. The van der Waals surface area contributed by atoms with Gasteiger partial charge in [0, 0.05) is 5.54 Å². The van der Waals surface area contributed by atoms with Gasteiger partial charge in [0.25, 0.3) is 0 Å². The van der Waals surface area contributed by atoms with E-state index in [-0.39, 0.29) is 11.4 Å². The number of hydrogen-bond acceptors (Lipinski definition) is 2. The molecule has 0 aromatic carbocycles. The predicted octanol–water partition coefficient (Wildman–Crippen LogP) is 1.55. The molecule has 0 aromatic rings. The zero-order valence-electron chi connectivity index (χ0n) is 9.59. The van der Waals surface area contributed by atoms with Crippen LogP contribution in [0.1, 0.15) is 46.5 Å². The van der Waals surface area contributed by atoms with Crippen molar-refractivity contribution in [2.75, 3.05) is 0 Å². The van der Waals surface area contributed by atoms with E-state index in [1.165, 1.54) is 13.8 Å². The molecule has 1 amide bonds. The summed E-state index contributed by atoms with van der Waals surface area (Å²) in [5.41, 5.74) is -1.47. The summed E-state index contributed by atoms with van der Waals surface area (Å²) >= 11 is 0. The molecule has 86 valence electrons. The second-order valence-electron chi connectivity index (χ2n) is 4.87. The highest BCUT2D eigenvalue weighted by Crippen LogP contribution is 2.35. The molecule has 0 atom stereocenters. The summed E-state index contributed by atoms with van der Waals surface area (Å²) < 4.78 is 0. The van der Waals surface area contributed by atoms with Crippen molar-refractivity contribution in [2.24, 2.45) is 5.41 Å². The van der Waals surface area contributed by atoms with Gasteiger partial charge in [0.2, 0.25) is 5.91 Å². The van der Waals surface area contributed by atoms with Crippen LogP contribution in [0.25, 0.3) is 0 Å². The molecule has 0 unspecified atom stereocenters. The molecule has 1 aliphatic carbocycles. The zero-order chi connectivity index (χ0) is 11.7. The molecule has 4 heteroatoms. The smallest absolute Gasteiger partial charge is 0.318 e. The predicted molar refractivity (Wildman–Crippen MR) is 56.4 cm³/mol. The summed E-state index contributed by atoms with van der Waals surface area (Å²) in [5.74, 6) is -1.46. The number of carbonyl (C=O) groups excluding carboxylic acids is 1. The van der Waals surface area contributed by atoms with E-state index in [1.54, 1.807) is 0 Å². The second kappa shape index (κ2) is 3.83. The van der Waals surface area contributed by atoms with Crippen molar-refractivity contribution in [3.63, 3.8) is 0 Å². The van der Waals surface area contributed by atoms with Crippen LogP contribution in [-0.4, -0.2) is 22.5 Å². The van der Waals surface area contributed by atoms with E-state index in [0.29, 0.717) is 0 Å². The van der Waals surface area contributed by atoms with Crippen LogP contribution in [-0.2, 0) is 9.59 Å². The van der Waals surface area contributed by atoms with Crippen LogP contribution in [0, 0.1) is 5.41 Å². The molecule has 0 heterocycles. The Bertz CT molecular complexity index is 274. The van der Waals surface area contributed by atoms with Crippen LogP contribution < -0.4 is 5.32 Å². The largest absolute Gasteiger partial charge is 0.480 e. The maximum absolute atomic E-state index is 11.8. The number of nitrogens with one attached hydrogen (secondary N) is 1. The Balaban J connectivity index is 2.66. The molecule has 1 saturated carbocycles. The Morgan fingerprint density at radius 2 is 1.93 bits per heavy atom. The zero-order valence-corrected chi connectivity index (χ0v) is 9.59. The van der Waals surface area contributed by atoms with Crippen molar-refractivity contribution in [3.8, 4) is 0 Å². The Morgan fingerprint density at radius 1 is 1.40 bits per heavy atom. The molecular formula is C11H19NO3. The Labute approximate surface area is 90.0 Å². The van der Waals surface area contributed by atoms with Crippen LogP contribution in [0.3, 0.4) is 0 Å². The quantitative estimate of drug-likeness (QED) is 0.696. The summed E-state index contributed by atoms with van der Waals surface area (Å²) in [4.78, 5) is 22.7. The highest BCUT2D eigenvalue weighted by atomic mass is 16.4. The van der Waals surface area contributed by atoms with E-state index in [4.69, 9.17) is 5.11 Å². The van der Waals surface area contributed by atoms with E-state index < -0.39 is 11.4 Å². The number of carboxylic acids is 1. The number of hydrogen-bond donors (Lipinski definition) is 2. The molecule has 0 radical (unpaired) electrons. The fourth-order valence-corrected chi connectivity index (χ4v) is 1.66. The Hall–Kier alpha value is -1.06. The molecule has 0 bridgehead atoms. The van der Waals surface area contributed by atoms with E-state index in [0.717, 1.165) is 25.7 Å². The maximum atomic E-state index is 11.8. The van der Waals surface area contributed by atoms with Gasteiger partial charge in [-0.25, -0.2) is 0 Å². The second-order valence-corrected chi connectivity index (χ2v) is 4.87.